The Bertz CT molecular complexity index is 1060. The van der Waals surface area contributed by atoms with Crippen molar-refractivity contribution in [3.63, 3.8) is 0 Å². The second-order valence-corrected chi connectivity index (χ2v) is 9.01. The molecule has 1 heterocycles. The van der Waals surface area contributed by atoms with Crippen LogP contribution in [0.2, 0.25) is 0 Å². The van der Waals surface area contributed by atoms with Gasteiger partial charge in [-0.15, -0.1) is 0 Å². The van der Waals surface area contributed by atoms with E-state index in [1.165, 1.54) is 17.3 Å². The standard InChI is InChI=1S/C24H29N3O2S/c1-5-18(19-11-7-6-8-12-19)15-25-22(28)17(4)30-24-26-21-14-10-9-13-20(21)23(29)27(24)16(2)3/h6-14,16-18H,5,15H2,1-4H3,(H,25,28)/t17-,18-/m1/s1. The molecule has 0 bridgehead atoms. The lowest BCUT2D eigenvalue weighted by molar-refractivity contribution is -0.120. The highest BCUT2D eigenvalue weighted by Crippen LogP contribution is 2.25. The maximum Gasteiger partial charge on any atom is 0.262 e. The molecule has 2 atom stereocenters. The molecule has 0 saturated carbocycles. The number of carbonyl (C=O) groups is 1. The summed E-state index contributed by atoms with van der Waals surface area (Å²) in [4.78, 5) is 30.4. The van der Waals surface area contributed by atoms with Gasteiger partial charge in [0.15, 0.2) is 5.16 Å². The number of fused-ring (bicyclic) bond motifs is 1. The lowest BCUT2D eigenvalue weighted by Crippen LogP contribution is -2.35. The molecule has 0 spiro atoms. The molecule has 5 nitrogen and oxygen atoms in total. The Kier molecular flexibility index (Phi) is 7.32. The van der Waals surface area contributed by atoms with Crippen LogP contribution in [0.4, 0.5) is 0 Å². The molecule has 0 aliphatic rings. The molecule has 3 aromatic rings. The minimum Gasteiger partial charge on any atom is -0.355 e. The number of hydrogen-bond donors (Lipinski definition) is 1. The molecular weight excluding hydrogens is 394 g/mol. The van der Waals surface area contributed by atoms with Crippen molar-refractivity contribution in [1.29, 1.82) is 0 Å². The molecule has 30 heavy (non-hydrogen) atoms. The molecule has 2 aromatic carbocycles. The van der Waals surface area contributed by atoms with Crippen LogP contribution in [0.1, 0.15) is 51.6 Å². The Morgan fingerprint density at radius 1 is 1.07 bits per heavy atom. The number of carbonyl (C=O) groups excluding carboxylic acids is 1. The zero-order valence-corrected chi connectivity index (χ0v) is 18.8. The van der Waals surface area contributed by atoms with Gasteiger partial charge in [0.05, 0.1) is 16.2 Å². The van der Waals surface area contributed by atoms with Crippen molar-refractivity contribution in [1.82, 2.24) is 14.9 Å². The van der Waals surface area contributed by atoms with E-state index in [1.807, 2.05) is 57.2 Å². The van der Waals surface area contributed by atoms with E-state index in [-0.39, 0.29) is 28.7 Å². The number of nitrogens with one attached hydrogen (secondary N) is 1. The van der Waals surface area contributed by atoms with Gasteiger partial charge in [-0.1, -0.05) is 61.2 Å². The number of amides is 1. The number of para-hydroxylation sites is 1. The normalized spacial score (nSPS) is 13.4. The van der Waals surface area contributed by atoms with Gasteiger partial charge in [-0.25, -0.2) is 4.98 Å². The third-order valence-electron chi connectivity index (χ3n) is 5.23. The van der Waals surface area contributed by atoms with E-state index in [2.05, 4.69) is 29.4 Å². The van der Waals surface area contributed by atoms with E-state index in [1.54, 1.807) is 10.6 Å². The topological polar surface area (TPSA) is 64.0 Å². The van der Waals surface area contributed by atoms with Gasteiger partial charge in [0.1, 0.15) is 0 Å². The maximum absolute atomic E-state index is 13.0. The molecule has 1 N–H and O–H groups in total. The molecule has 0 aliphatic heterocycles. The fourth-order valence-electron chi connectivity index (χ4n) is 3.47. The predicted octanol–water partition coefficient (Wildman–Crippen LogP) is 4.77. The molecule has 0 radical (unpaired) electrons. The smallest absolute Gasteiger partial charge is 0.262 e. The first kappa shape index (κ1) is 22.1. The minimum absolute atomic E-state index is 0.0464. The Hall–Kier alpha value is -2.60. The van der Waals surface area contributed by atoms with Crippen molar-refractivity contribution >= 4 is 28.6 Å². The van der Waals surface area contributed by atoms with Gasteiger partial charge in [-0.3, -0.25) is 14.2 Å². The predicted molar refractivity (Wildman–Crippen MR) is 124 cm³/mol. The number of hydrogen-bond acceptors (Lipinski definition) is 4. The largest absolute Gasteiger partial charge is 0.355 e. The summed E-state index contributed by atoms with van der Waals surface area (Å²) in [7, 11) is 0. The lowest BCUT2D eigenvalue weighted by Gasteiger charge is -2.20. The Labute approximate surface area is 181 Å². The van der Waals surface area contributed by atoms with Gasteiger partial charge in [-0.2, -0.15) is 0 Å². The average molecular weight is 424 g/mol. The van der Waals surface area contributed by atoms with Crippen LogP contribution in [0.25, 0.3) is 10.9 Å². The molecule has 0 saturated heterocycles. The number of benzene rings is 2. The minimum atomic E-state index is -0.364. The van der Waals surface area contributed by atoms with Crippen LogP contribution in [0.5, 0.6) is 0 Å². The van der Waals surface area contributed by atoms with E-state index in [4.69, 9.17) is 0 Å². The summed E-state index contributed by atoms with van der Waals surface area (Å²) in [6.07, 6.45) is 0.949. The summed E-state index contributed by atoms with van der Waals surface area (Å²) < 4.78 is 1.68. The van der Waals surface area contributed by atoms with E-state index < -0.39 is 0 Å². The first-order valence-corrected chi connectivity index (χ1v) is 11.3. The van der Waals surface area contributed by atoms with Crippen LogP contribution in [0.3, 0.4) is 0 Å². The highest BCUT2D eigenvalue weighted by molar-refractivity contribution is 8.00. The summed E-state index contributed by atoms with van der Waals surface area (Å²) in [5.41, 5.74) is 1.82. The van der Waals surface area contributed by atoms with E-state index in [0.717, 1.165) is 6.42 Å². The summed E-state index contributed by atoms with van der Waals surface area (Å²) in [5, 5.41) is 3.89. The van der Waals surface area contributed by atoms with E-state index in [0.29, 0.717) is 22.6 Å². The van der Waals surface area contributed by atoms with Crippen LogP contribution in [0.15, 0.2) is 64.5 Å². The third kappa shape index (κ3) is 4.93. The van der Waals surface area contributed by atoms with Gasteiger partial charge in [0.25, 0.3) is 5.56 Å². The lowest BCUT2D eigenvalue weighted by atomic mass is 9.96. The van der Waals surface area contributed by atoms with Crippen molar-refractivity contribution in [3.8, 4) is 0 Å². The summed E-state index contributed by atoms with van der Waals surface area (Å²) in [6, 6.07) is 17.5. The Balaban J connectivity index is 1.76. The molecule has 3 rings (SSSR count). The van der Waals surface area contributed by atoms with Crippen LogP contribution in [0, 0.1) is 0 Å². The van der Waals surface area contributed by atoms with Gasteiger partial charge in [0.2, 0.25) is 5.91 Å². The summed E-state index contributed by atoms with van der Waals surface area (Å²) in [5.74, 6) is 0.229. The van der Waals surface area contributed by atoms with Crippen molar-refractivity contribution in [3.05, 3.63) is 70.5 Å². The van der Waals surface area contributed by atoms with Crippen molar-refractivity contribution in [2.45, 2.75) is 56.5 Å². The van der Waals surface area contributed by atoms with Crippen molar-refractivity contribution < 1.29 is 4.79 Å². The maximum atomic E-state index is 13.0. The number of nitrogens with zero attached hydrogens (tertiary/aromatic N) is 2. The average Bonchev–Trinajstić information content (AvgIpc) is 2.74. The van der Waals surface area contributed by atoms with Crippen LogP contribution >= 0.6 is 11.8 Å². The number of rotatable bonds is 8. The van der Waals surface area contributed by atoms with Crippen LogP contribution in [-0.2, 0) is 4.79 Å². The first-order valence-electron chi connectivity index (χ1n) is 10.4. The third-order valence-corrected chi connectivity index (χ3v) is 6.30. The Morgan fingerprint density at radius 2 is 1.73 bits per heavy atom. The summed E-state index contributed by atoms with van der Waals surface area (Å²) in [6.45, 7) is 8.49. The summed E-state index contributed by atoms with van der Waals surface area (Å²) >= 11 is 1.33. The monoisotopic (exact) mass is 423 g/mol. The number of thioether (sulfide) groups is 1. The molecule has 158 valence electrons. The van der Waals surface area contributed by atoms with Gasteiger partial charge in [-0.05, 0) is 44.9 Å². The van der Waals surface area contributed by atoms with Crippen molar-refractivity contribution in [2.24, 2.45) is 0 Å². The molecule has 0 unspecified atom stereocenters. The SMILES string of the molecule is CC[C@H](CNC(=O)[C@@H](C)Sc1nc2ccccc2c(=O)n1C(C)C)c1ccccc1. The highest BCUT2D eigenvalue weighted by Gasteiger charge is 2.21. The van der Waals surface area contributed by atoms with Gasteiger partial charge in [0, 0.05) is 18.5 Å². The Morgan fingerprint density at radius 3 is 2.40 bits per heavy atom. The van der Waals surface area contributed by atoms with E-state index >= 15 is 0 Å². The quantitative estimate of drug-likeness (QED) is 0.419. The van der Waals surface area contributed by atoms with E-state index in [9.17, 15) is 9.59 Å². The highest BCUT2D eigenvalue weighted by atomic mass is 32.2. The molecule has 1 aromatic heterocycles. The van der Waals surface area contributed by atoms with Gasteiger partial charge >= 0.3 is 0 Å². The molecule has 1 amide bonds. The molecule has 0 fully saturated rings. The van der Waals surface area contributed by atoms with Gasteiger partial charge < -0.3 is 5.32 Å². The van der Waals surface area contributed by atoms with Crippen LogP contribution < -0.4 is 10.9 Å². The number of aromatic nitrogens is 2. The fraction of sp³-hybridized carbons (Fsp3) is 0.375. The molecular formula is C24H29N3O2S. The second kappa shape index (κ2) is 9.94. The molecule has 0 aliphatic carbocycles. The fourth-order valence-corrected chi connectivity index (χ4v) is 4.53. The zero-order valence-electron chi connectivity index (χ0n) is 18.0. The van der Waals surface area contributed by atoms with Crippen LogP contribution in [-0.4, -0.2) is 27.3 Å². The van der Waals surface area contributed by atoms with Crippen molar-refractivity contribution in [2.75, 3.05) is 6.54 Å². The second-order valence-electron chi connectivity index (χ2n) is 7.70. The zero-order chi connectivity index (χ0) is 21.7. The first-order chi connectivity index (χ1) is 14.4. The molecule has 6 heteroatoms.